The molecule has 27 heavy (non-hydrogen) atoms. The molecule has 0 amide bonds. The molecule has 0 N–H and O–H groups in total. The number of fused-ring (bicyclic) bond motifs is 1. The summed E-state index contributed by atoms with van der Waals surface area (Å²) in [6.07, 6.45) is 6.61. The van der Waals surface area contributed by atoms with Crippen LogP contribution in [0.5, 0.6) is 5.88 Å². The van der Waals surface area contributed by atoms with E-state index in [2.05, 4.69) is 25.6 Å². The number of halogens is 2. The second-order valence-corrected chi connectivity index (χ2v) is 6.53. The van der Waals surface area contributed by atoms with Crippen molar-refractivity contribution in [2.24, 2.45) is 5.92 Å². The molecule has 1 atom stereocenters. The Morgan fingerprint density at radius 2 is 1.93 bits per heavy atom. The summed E-state index contributed by atoms with van der Waals surface area (Å²) < 4.78 is 34.5. The van der Waals surface area contributed by atoms with Gasteiger partial charge in [-0.15, -0.1) is 0 Å². The highest BCUT2D eigenvalue weighted by molar-refractivity contribution is 5.31. The summed E-state index contributed by atoms with van der Waals surface area (Å²) in [4.78, 5) is 14.2. The maximum Gasteiger partial charge on any atom is 0.250 e. The zero-order chi connectivity index (χ0) is 18.6. The molecule has 0 saturated heterocycles. The van der Waals surface area contributed by atoms with E-state index in [4.69, 9.17) is 4.74 Å². The molecule has 1 aliphatic rings. The molecule has 8 heteroatoms. The third kappa shape index (κ3) is 4.05. The van der Waals surface area contributed by atoms with E-state index in [0.717, 1.165) is 12.2 Å². The van der Waals surface area contributed by atoms with Crippen LogP contribution in [-0.2, 0) is 13.1 Å². The minimum atomic E-state index is -0.465. The van der Waals surface area contributed by atoms with Crippen molar-refractivity contribution in [1.29, 1.82) is 0 Å². The van der Waals surface area contributed by atoms with Crippen LogP contribution in [0, 0.1) is 17.6 Å². The third-order valence-electron chi connectivity index (χ3n) is 4.59. The summed E-state index contributed by atoms with van der Waals surface area (Å²) in [5.41, 5.74) is 1.14. The molecule has 0 saturated carbocycles. The number of pyridine rings is 1. The van der Waals surface area contributed by atoms with Crippen molar-refractivity contribution >= 4 is 5.95 Å². The first kappa shape index (κ1) is 17.4. The number of aromatic nitrogens is 4. The standard InChI is InChI=1S/C19H19F2N5O/c20-15-9-23-19(24-10-15)26-12-14(11-25-7-2-3-16(25)13-26)5-8-27-18-17(21)4-1-6-22-18/h1-4,6-7,9-10,14H,5,8,11-13H2/t14-/m1/s1. The Bertz CT molecular complexity index is 899. The SMILES string of the molecule is Fc1cnc(N2Cc3cccn3C[C@@H](CCOc3ncccc3F)C2)nc1. The van der Waals surface area contributed by atoms with Gasteiger partial charge in [0.15, 0.2) is 11.6 Å². The molecule has 0 aliphatic carbocycles. The molecular weight excluding hydrogens is 352 g/mol. The topological polar surface area (TPSA) is 56.1 Å². The normalized spacial score (nSPS) is 16.7. The van der Waals surface area contributed by atoms with E-state index in [1.54, 1.807) is 0 Å². The van der Waals surface area contributed by atoms with Crippen LogP contribution in [0.2, 0.25) is 0 Å². The molecule has 0 unspecified atom stereocenters. The highest BCUT2D eigenvalue weighted by Gasteiger charge is 2.23. The molecule has 4 heterocycles. The molecule has 1 aliphatic heterocycles. The molecule has 140 valence electrons. The van der Waals surface area contributed by atoms with Gasteiger partial charge in [0.1, 0.15) is 0 Å². The number of ether oxygens (including phenoxy) is 1. The Kier molecular flexibility index (Phi) is 4.95. The Morgan fingerprint density at radius 3 is 2.74 bits per heavy atom. The Balaban J connectivity index is 1.46. The second-order valence-electron chi connectivity index (χ2n) is 6.53. The highest BCUT2D eigenvalue weighted by atomic mass is 19.1. The second kappa shape index (κ2) is 7.69. The molecule has 3 aromatic rings. The molecule has 0 fully saturated rings. The lowest BCUT2D eigenvalue weighted by Gasteiger charge is -2.24. The summed E-state index contributed by atoms with van der Waals surface area (Å²) in [5.74, 6) is -0.176. The van der Waals surface area contributed by atoms with Crippen LogP contribution in [0.4, 0.5) is 14.7 Å². The van der Waals surface area contributed by atoms with Crippen molar-refractivity contribution in [3.05, 3.63) is 66.4 Å². The summed E-state index contributed by atoms with van der Waals surface area (Å²) >= 11 is 0. The fraction of sp³-hybridized carbons (Fsp3) is 0.316. The molecule has 0 aromatic carbocycles. The van der Waals surface area contributed by atoms with Crippen LogP contribution in [-0.4, -0.2) is 32.7 Å². The molecule has 0 bridgehead atoms. The third-order valence-corrected chi connectivity index (χ3v) is 4.59. The van der Waals surface area contributed by atoms with Gasteiger partial charge in [-0.25, -0.2) is 23.7 Å². The minimum absolute atomic E-state index is 0.0199. The van der Waals surface area contributed by atoms with Gasteiger partial charge in [0, 0.05) is 31.2 Å². The van der Waals surface area contributed by atoms with Crippen molar-refractivity contribution < 1.29 is 13.5 Å². The smallest absolute Gasteiger partial charge is 0.250 e. The van der Waals surface area contributed by atoms with Gasteiger partial charge in [-0.05, 0) is 36.6 Å². The first-order chi connectivity index (χ1) is 13.2. The quantitative estimate of drug-likeness (QED) is 0.690. The predicted octanol–water partition coefficient (Wildman–Crippen LogP) is 3.06. The lowest BCUT2D eigenvalue weighted by atomic mass is 10.1. The maximum absolute atomic E-state index is 13.6. The molecule has 0 spiro atoms. The summed E-state index contributed by atoms with van der Waals surface area (Å²) in [6.45, 7) is 2.51. The van der Waals surface area contributed by atoms with Gasteiger partial charge in [-0.1, -0.05) is 0 Å². The Morgan fingerprint density at radius 1 is 1.07 bits per heavy atom. The fourth-order valence-electron chi connectivity index (χ4n) is 3.28. The molecule has 6 nitrogen and oxygen atoms in total. The monoisotopic (exact) mass is 371 g/mol. The van der Waals surface area contributed by atoms with E-state index in [-0.39, 0.29) is 11.8 Å². The van der Waals surface area contributed by atoms with Crippen LogP contribution in [0.15, 0.2) is 49.1 Å². The van der Waals surface area contributed by atoms with Crippen LogP contribution < -0.4 is 9.64 Å². The van der Waals surface area contributed by atoms with E-state index in [1.807, 2.05) is 17.2 Å². The average molecular weight is 371 g/mol. The number of anilines is 1. The summed E-state index contributed by atoms with van der Waals surface area (Å²) in [5, 5.41) is 0. The van der Waals surface area contributed by atoms with Crippen LogP contribution in [0.1, 0.15) is 12.1 Å². The first-order valence-electron chi connectivity index (χ1n) is 8.79. The first-order valence-corrected chi connectivity index (χ1v) is 8.79. The molecule has 0 radical (unpaired) electrons. The Labute approximate surface area is 155 Å². The van der Waals surface area contributed by atoms with Crippen LogP contribution in [0.25, 0.3) is 0 Å². The molecular formula is C19H19F2N5O. The van der Waals surface area contributed by atoms with E-state index < -0.39 is 11.6 Å². The van der Waals surface area contributed by atoms with E-state index in [0.29, 0.717) is 32.1 Å². The zero-order valence-corrected chi connectivity index (χ0v) is 14.6. The van der Waals surface area contributed by atoms with Crippen molar-refractivity contribution in [3.63, 3.8) is 0 Å². The number of hydrogen-bond donors (Lipinski definition) is 0. The van der Waals surface area contributed by atoms with Gasteiger partial charge < -0.3 is 14.2 Å². The van der Waals surface area contributed by atoms with Crippen molar-refractivity contribution in [2.45, 2.75) is 19.5 Å². The number of rotatable bonds is 5. The van der Waals surface area contributed by atoms with E-state index in [1.165, 1.54) is 30.7 Å². The van der Waals surface area contributed by atoms with Crippen LogP contribution >= 0.6 is 0 Å². The number of nitrogens with zero attached hydrogens (tertiary/aromatic N) is 5. The predicted molar refractivity (Wildman–Crippen MR) is 95.3 cm³/mol. The van der Waals surface area contributed by atoms with Gasteiger partial charge in [-0.3, -0.25) is 0 Å². The fourth-order valence-corrected chi connectivity index (χ4v) is 3.28. The van der Waals surface area contributed by atoms with Gasteiger partial charge in [-0.2, -0.15) is 0 Å². The maximum atomic E-state index is 13.6. The van der Waals surface area contributed by atoms with E-state index >= 15 is 0 Å². The largest absolute Gasteiger partial charge is 0.476 e. The van der Waals surface area contributed by atoms with Gasteiger partial charge in [0.05, 0.1) is 25.5 Å². The summed E-state index contributed by atoms with van der Waals surface area (Å²) in [6, 6.07) is 6.91. The van der Waals surface area contributed by atoms with E-state index in [9.17, 15) is 8.78 Å². The highest BCUT2D eigenvalue weighted by Crippen LogP contribution is 2.23. The van der Waals surface area contributed by atoms with Crippen molar-refractivity contribution in [2.75, 3.05) is 18.1 Å². The van der Waals surface area contributed by atoms with Gasteiger partial charge >= 0.3 is 0 Å². The molecule has 3 aromatic heterocycles. The Hall–Kier alpha value is -3.03. The summed E-state index contributed by atoms with van der Waals surface area (Å²) in [7, 11) is 0. The van der Waals surface area contributed by atoms with Gasteiger partial charge in [0.2, 0.25) is 11.8 Å². The zero-order valence-electron chi connectivity index (χ0n) is 14.6. The van der Waals surface area contributed by atoms with Crippen molar-refractivity contribution in [3.8, 4) is 5.88 Å². The average Bonchev–Trinajstić information content (AvgIpc) is 3.02. The lowest BCUT2D eigenvalue weighted by Crippen LogP contribution is -2.30. The minimum Gasteiger partial charge on any atom is -0.476 e. The van der Waals surface area contributed by atoms with Crippen molar-refractivity contribution in [1.82, 2.24) is 19.5 Å². The van der Waals surface area contributed by atoms with Gasteiger partial charge in [0.25, 0.3) is 0 Å². The van der Waals surface area contributed by atoms with Crippen LogP contribution in [0.3, 0.4) is 0 Å². The molecule has 4 rings (SSSR count). The lowest BCUT2D eigenvalue weighted by molar-refractivity contribution is 0.250. The number of hydrogen-bond acceptors (Lipinski definition) is 5.